The Morgan fingerprint density at radius 3 is 2.55 bits per heavy atom. The molecule has 0 heterocycles. The molecule has 1 aromatic carbocycles. The summed E-state index contributed by atoms with van der Waals surface area (Å²) in [5, 5.41) is 19.6. The smallest absolute Gasteiger partial charge is 0.326 e. The largest absolute Gasteiger partial charge is 0.480 e. The molecule has 1 rings (SSSR count). The van der Waals surface area contributed by atoms with Crippen molar-refractivity contribution in [3.05, 3.63) is 46.0 Å². The Balaban J connectivity index is 2.91. The summed E-state index contributed by atoms with van der Waals surface area (Å²) in [4.78, 5) is 33.8. The van der Waals surface area contributed by atoms with Crippen molar-refractivity contribution in [3.63, 3.8) is 0 Å². The molecule has 0 saturated heterocycles. The molecule has 0 aliphatic heterocycles. The predicted molar refractivity (Wildman–Crippen MR) is 72.0 cm³/mol. The SMILES string of the molecule is CC(C(=O)O)N(C)C(=O)C=Cc1ccccc1[N+](=O)[O-]. The maximum Gasteiger partial charge on any atom is 0.326 e. The Labute approximate surface area is 115 Å². The van der Waals surface area contributed by atoms with Crippen LogP contribution in [0.15, 0.2) is 30.3 Å². The van der Waals surface area contributed by atoms with Gasteiger partial charge in [-0.25, -0.2) is 4.79 Å². The topological polar surface area (TPSA) is 101 Å². The molecule has 7 heteroatoms. The Morgan fingerprint density at radius 1 is 1.40 bits per heavy atom. The van der Waals surface area contributed by atoms with Crippen molar-refractivity contribution in [1.29, 1.82) is 0 Å². The molecule has 106 valence electrons. The Morgan fingerprint density at radius 2 is 2.00 bits per heavy atom. The third-order valence-electron chi connectivity index (χ3n) is 2.82. The lowest BCUT2D eigenvalue weighted by molar-refractivity contribution is -0.385. The number of benzene rings is 1. The molecule has 1 atom stereocenters. The lowest BCUT2D eigenvalue weighted by Crippen LogP contribution is -2.39. The summed E-state index contributed by atoms with van der Waals surface area (Å²) in [5.41, 5.74) is 0.160. The minimum Gasteiger partial charge on any atom is -0.480 e. The zero-order chi connectivity index (χ0) is 15.3. The molecule has 0 saturated carbocycles. The molecule has 1 aromatic rings. The summed E-state index contributed by atoms with van der Waals surface area (Å²) in [6.07, 6.45) is 2.41. The molecular formula is C13H14N2O5. The molecule has 1 unspecified atom stereocenters. The van der Waals surface area contributed by atoms with Crippen molar-refractivity contribution in [2.24, 2.45) is 0 Å². The van der Waals surface area contributed by atoms with Gasteiger partial charge in [-0.05, 0) is 19.1 Å². The number of carboxylic acid groups (broad SMARTS) is 1. The van der Waals surface area contributed by atoms with Crippen LogP contribution in [0.2, 0.25) is 0 Å². The van der Waals surface area contributed by atoms with Crippen LogP contribution in [-0.2, 0) is 9.59 Å². The minimum atomic E-state index is -1.13. The molecule has 0 radical (unpaired) electrons. The molecule has 1 N–H and O–H groups in total. The monoisotopic (exact) mass is 278 g/mol. The van der Waals surface area contributed by atoms with Gasteiger partial charge in [0.2, 0.25) is 5.91 Å². The molecule has 0 fully saturated rings. The van der Waals surface area contributed by atoms with Crippen LogP contribution in [0.3, 0.4) is 0 Å². The Bertz CT molecular complexity index is 568. The van der Waals surface area contributed by atoms with Gasteiger partial charge in [0.1, 0.15) is 6.04 Å². The molecule has 0 bridgehead atoms. The number of rotatable bonds is 5. The van der Waals surface area contributed by atoms with E-state index in [1.807, 2.05) is 0 Å². The van der Waals surface area contributed by atoms with E-state index in [0.717, 1.165) is 11.0 Å². The van der Waals surface area contributed by atoms with Crippen molar-refractivity contribution >= 4 is 23.6 Å². The number of likely N-dealkylation sites (N-methyl/N-ethyl adjacent to an activating group) is 1. The van der Waals surface area contributed by atoms with Crippen molar-refractivity contribution < 1.29 is 19.6 Å². The molecule has 0 spiro atoms. The molecule has 7 nitrogen and oxygen atoms in total. The third-order valence-corrected chi connectivity index (χ3v) is 2.82. The van der Waals surface area contributed by atoms with Gasteiger partial charge in [-0.15, -0.1) is 0 Å². The predicted octanol–water partition coefficient (Wildman–Crippen LogP) is 1.54. The first kappa shape index (κ1) is 15.4. The third kappa shape index (κ3) is 3.64. The van der Waals surface area contributed by atoms with E-state index in [1.165, 1.54) is 38.2 Å². The van der Waals surface area contributed by atoms with Gasteiger partial charge < -0.3 is 10.0 Å². The highest BCUT2D eigenvalue weighted by Crippen LogP contribution is 2.19. The lowest BCUT2D eigenvalue weighted by Gasteiger charge is -2.19. The molecule has 0 aliphatic carbocycles. The highest BCUT2D eigenvalue weighted by Gasteiger charge is 2.20. The van der Waals surface area contributed by atoms with Gasteiger partial charge in [0.15, 0.2) is 0 Å². The zero-order valence-electron chi connectivity index (χ0n) is 11.0. The standard InChI is InChI=1S/C13H14N2O5/c1-9(13(17)18)14(2)12(16)8-7-10-5-3-4-6-11(10)15(19)20/h3-9H,1-2H3,(H,17,18). The minimum absolute atomic E-state index is 0.120. The number of hydrogen-bond acceptors (Lipinski definition) is 4. The van der Waals surface area contributed by atoms with E-state index in [1.54, 1.807) is 6.07 Å². The summed E-state index contributed by atoms with van der Waals surface area (Å²) < 4.78 is 0. The first-order valence-corrected chi connectivity index (χ1v) is 5.75. The van der Waals surface area contributed by atoms with E-state index in [4.69, 9.17) is 5.11 Å². The number of para-hydroxylation sites is 1. The van der Waals surface area contributed by atoms with Crippen molar-refractivity contribution in [2.45, 2.75) is 13.0 Å². The number of nitro benzene ring substituents is 1. The number of carbonyl (C=O) groups is 2. The van der Waals surface area contributed by atoms with Crippen molar-refractivity contribution in [1.82, 2.24) is 4.90 Å². The number of aliphatic carboxylic acids is 1. The average Bonchev–Trinajstić information content (AvgIpc) is 2.43. The summed E-state index contributed by atoms with van der Waals surface area (Å²) in [6, 6.07) is 4.99. The van der Waals surface area contributed by atoms with Crippen LogP contribution in [0.25, 0.3) is 6.08 Å². The molecule has 20 heavy (non-hydrogen) atoms. The normalized spacial score (nSPS) is 12.1. The second-order valence-electron chi connectivity index (χ2n) is 4.11. The number of hydrogen-bond donors (Lipinski definition) is 1. The number of carboxylic acids is 1. The Kier molecular flexibility index (Phi) is 4.96. The van der Waals surface area contributed by atoms with Gasteiger partial charge >= 0.3 is 5.97 Å². The molecular weight excluding hydrogens is 264 g/mol. The van der Waals surface area contributed by atoms with Crippen LogP contribution in [0.4, 0.5) is 5.69 Å². The quantitative estimate of drug-likeness (QED) is 0.500. The van der Waals surface area contributed by atoms with E-state index >= 15 is 0 Å². The van der Waals surface area contributed by atoms with E-state index in [0.29, 0.717) is 0 Å². The van der Waals surface area contributed by atoms with Crippen LogP contribution in [0, 0.1) is 10.1 Å². The molecule has 0 aliphatic rings. The van der Waals surface area contributed by atoms with E-state index < -0.39 is 22.8 Å². The van der Waals surface area contributed by atoms with E-state index in [9.17, 15) is 19.7 Å². The highest BCUT2D eigenvalue weighted by atomic mass is 16.6. The van der Waals surface area contributed by atoms with Crippen LogP contribution in [-0.4, -0.2) is 39.9 Å². The van der Waals surface area contributed by atoms with Crippen molar-refractivity contribution in [3.8, 4) is 0 Å². The van der Waals surface area contributed by atoms with Gasteiger partial charge in [0.05, 0.1) is 10.5 Å². The van der Waals surface area contributed by atoms with E-state index in [2.05, 4.69) is 0 Å². The van der Waals surface area contributed by atoms with Gasteiger partial charge in [0.25, 0.3) is 5.69 Å². The van der Waals surface area contributed by atoms with Gasteiger partial charge in [0, 0.05) is 19.2 Å². The van der Waals surface area contributed by atoms with Crippen LogP contribution >= 0.6 is 0 Å². The first-order chi connectivity index (χ1) is 9.34. The summed E-state index contributed by atoms with van der Waals surface area (Å²) >= 11 is 0. The van der Waals surface area contributed by atoms with Crippen LogP contribution in [0.1, 0.15) is 12.5 Å². The maximum atomic E-state index is 11.7. The fourth-order valence-electron chi connectivity index (χ4n) is 1.43. The number of nitro groups is 1. The fraction of sp³-hybridized carbons (Fsp3) is 0.231. The lowest BCUT2D eigenvalue weighted by atomic mass is 10.1. The summed E-state index contributed by atoms with van der Waals surface area (Å²) in [5.74, 6) is -1.67. The van der Waals surface area contributed by atoms with Gasteiger partial charge in [-0.1, -0.05) is 12.1 Å². The average molecular weight is 278 g/mol. The Hall–Kier alpha value is -2.70. The number of carbonyl (C=O) groups excluding carboxylic acids is 1. The number of amides is 1. The highest BCUT2D eigenvalue weighted by molar-refractivity contribution is 5.94. The molecule has 1 amide bonds. The fourth-order valence-corrected chi connectivity index (χ4v) is 1.43. The van der Waals surface area contributed by atoms with Crippen molar-refractivity contribution in [2.75, 3.05) is 7.05 Å². The second-order valence-corrected chi connectivity index (χ2v) is 4.11. The molecule has 0 aromatic heterocycles. The summed E-state index contributed by atoms with van der Waals surface area (Å²) in [6.45, 7) is 1.37. The van der Waals surface area contributed by atoms with E-state index in [-0.39, 0.29) is 11.3 Å². The van der Waals surface area contributed by atoms with Crippen LogP contribution in [0.5, 0.6) is 0 Å². The summed E-state index contributed by atoms with van der Waals surface area (Å²) in [7, 11) is 1.35. The van der Waals surface area contributed by atoms with Gasteiger partial charge in [-0.3, -0.25) is 14.9 Å². The zero-order valence-corrected chi connectivity index (χ0v) is 11.0. The maximum absolute atomic E-state index is 11.7. The first-order valence-electron chi connectivity index (χ1n) is 5.75. The van der Waals surface area contributed by atoms with Crippen LogP contribution < -0.4 is 0 Å². The number of nitrogens with zero attached hydrogens (tertiary/aromatic N) is 2. The van der Waals surface area contributed by atoms with Gasteiger partial charge in [-0.2, -0.15) is 0 Å². The second kappa shape index (κ2) is 6.46.